The molecule has 112 valence electrons. The molecule has 0 aliphatic rings. The van der Waals surface area contributed by atoms with Crippen LogP contribution in [0.25, 0.3) is 6.08 Å². The Morgan fingerprint density at radius 2 is 1.61 bits per heavy atom. The van der Waals surface area contributed by atoms with E-state index >= 15 is 0 Å². The summed E-state index contributed by atoms with van der Waals surface area (Å²) in [6.45, 7) is 0. The smallest absolute Gasteiger partial charge is 0.185 e. The molecule has 0 radical (unpaired) electrons. The first kappa shape index (κ1) is 14.7. The third-order valence-electron chi connectivity index (χ3n) is 3.23. The monoisotopic (exact) mass is 301 g/mol. The zero-order valence-corrected chi connectivity index (χ0v) is 12.4. The lowest BCUT2D eigenvalue weighted by atomic mass is 10.1. The zero-order valence-electron chi connectivity index (χ0n) is 12.4. The van der Waals surface area contributed by atoms with E-state index in [1.54, 1.807) is 36.7 Å². The summed E-state index contributed by atoms with van der Waals surface area (Å²) in [5.74, 6) is 1.46. The Kier molecular flexibility index (Phi) is 4.60. The molecule has 0 bridgehead atoms. The molecule has 0 N–H and O–H groups in total. The number of rotatable bonds is 5. The number of hydrogen-bond acceptors (Lipinski definition) is 3. The van der Waals surface area contributed by atoms with Crippen LogP contribution in [-0.2, 0) is 0 Å². The second-order valence-corrected chi connectivity index (χ2v) is 4.92. The van der Waals surface area contributed by atoms with Crippen LogP contribution in [0, 0.1) is 0 Å². The molecule has 0 amide bonds. The van der Waals surface area contributed by atoms with Crippen molar-refractivity contribution in [1.29, 1.82) is 0 Å². The second kappa shape index (κ2) is 7.18. The molecule has 0 saturated heterocycles. The van der Waals surface area contributed by atoms with Gasteiger partial charge < -0.3 is 4.74 Å². The summed E-state index contributed by atoms with van der Waals surface area (Å²) in [6, 6.07) is 20.6. The highest BCUT2D eigenvalue weighted by atomic mass is 16.5. The molecule has 0 fully saturated rings. The predicted molar refractivity (Wildman–Crippen MR) is 90.6 cm³/mol. The normalized spacial score (nSPS) is 10.6. The molecule has 2 aromatic carbocycles. The predicted octanol–water partition coefficient (Wildman–Crippen LogP) is 4.77. The van der Waals surface area contributed by atoms with Crippen molar-refractivity contribution in [1.82, 2.24) is 4.98 Å². The Labute approximate surface area is 134 Å². The Bertz CT molecular complexity index is 811. The molecule has 0 saturated carbocycles. The molecule has 1 heterocycles. The fourth-order valence-electron chi connectivity index (χ4n) is 2.09. The fourth-order valence-corrected chi connectivity index (χ4v) is 2.09. The van der Waals surface area contributed by atoms with Crippen LogP contribution in [-0.4, -0.2) is 10.8 Å². The lowest BCUT2D eigenvalue weighted by Gasteiger charge is -2.05. The maximum atomic E-state index is 12.0. The SMILES string of the molecule is O=C(/C=C/c1cccc(Oc2ccccc2)c1)c1ccncc1. The zero-order chi connectivity index (χ0) is 15.9. The minimum Gasteiger partial charge on any atom is -0.457 e. The molecule has 3 heteroatoms. The summed E-state index contributed by atoms with van der Waals surface area (Å²) in [4.78, 5) is 16.0. The van der Waals surface area contributed by atoms with Crippen LogP contribution in [0.15, 0.2) is 85.2 Å². The Balaban J connectivity index is 1.72. The van der Waals surface area contributed by atoms with Gasteiger partial charge in [0.2, 0.25) is 0 Å². The van der Waals surface area contributed by atoms with Crippen molar-refractivity contribution in [3.8, 4) is 11.5 Å². The summed E-state index contributed by atoms with van der Waals surface area (Å²) in [5.41, 5.74) is 1.52. The highest BCUT2D eigenvalue weighted by molar-refractivity contribution is 6.06. The molecule has 1 aromatic heterocycles. The van der Waals surface area contributed by atoms with Gasteiger partial charge in [0.25, 0.3) is 0 Å². The van der Waals surface area contributed by atoms with Crippen molar-refractivity contribution < 1.29 is 9.53 Å². The van der Waals surface area contributed by atoms with Gasteiger partial charge in [0.15, 0.2) is 5.78 Å². The molecule has 3 aromatic rings. The first-order valence-electron chi connectivity index (χ1n) is 7.27. The number of carbonyl (C=O) groups excluding carboxylic acids is 1. The summed E-state index contributed by atoms with van der Waals surface area (Å²) in [7, 11) is 0. The number of pyridine rings is 1. The van der Waals surface area contributed by atoms with E-state index in [1.165, 1.54) is 0 Å². The number of ether oxygens (including phenoxy) is 1. The first-order valence-corrected chi connectivity index (χ1v) is 7.27. The molecule has 0 unspecified atom stereocenters. The molecular weight excluding hydrogens is 286 g/mol. The minimum atomic E-state index is -0.0539. The molecule has 0 aliphatic heterocycles. The lowest BCUT2D eigenvalue weighted by molar-refractivity contribution is 0.104. The molecule has 3 rings (SSSR count). The van der Waals surface area contributed by atoms with Gasteiger partial charge in [-0.2, -0.15) is 0 Å². The van der Waals surface area contributed by atoms with Gasteiger partial charge in [-0.3, -0.25) is 9.78 Å². The quantitative estimate of drug-likeness (QED) is 0.503. The van der Waals surface area contributed by atoms with Crippen LogP contribution in [0.4, 0.5) is 0 Å². The van der Waals surface area contributed by atoms with Gasteiger partial charge in [0.1, 0.15) is 11.5 Å². The number of allylic oxidation sites excluding steroid dienone is 1. The highest BCUT2D eigenvalue weighted by Crippen LogP contribution is 2.22. The number of benzene rings is 2. The van der Waals surface area contributed by atoms with Crippen molar-refractivity contribution in [2.24, 2.45) is 0 Å². The molecule has 0 spiro atoms. The standard InChI is InChI=1S/C20H15NO2/c22-20(17-11-13-21-14-12-17)10-9-16-5-4-8-19(15-16)23-18-6-2-1-3-7-18/h1-15H/b10-9+. The van der Waals surface area contributed by atoms with Gasteiger partial charge >= 0.3 is 0 Å². The number of ketones is 1. The fraction of sp³-hybridized carbons (Fsp3) is 0. The van der Waals surface area contributed by atoms with Crippen LogP contribution < -0.4 is 4.74 Å². The number of aromatic nitrogens is 1. The average molecular weight is 301 g/mol. The number of nitrogens with zero attached hydrogens (tertiary/aromatic N) is 1. The van der Waals surface area contributed by atoms with Gasteiger partial charge in [-0.15, -0.1) is 0 Å². The van der Waals surface area contributed by atoms with Crippen molar-refractivity contribution >= 4 is 11.9 Å². The Hall–Kier alpha value is -3.20. The number of para-hydroxylation sites is 1. The third kappa shape index (κ3) is 4.14. The summed E-state index contributed by atoms with van der Waals surface area (Å²) in [5, 5.41) is 0. The largest absolute Gasteiger partial charge is 0.457 e. The molecule has 3 nitrogen and oxygen atoms in total. The van der Waals surface area contributed by atoms with E-state index in [0.717, 1.165) is 17.1 Å². The minimum absolute atomic E-state index is 0.0539. The summed E-state index contributed by atoms with van der Waals surface area (Å²) in [6.07, 6.45) is 6.54. The maximum Gasteiger partial charge on any atom is 0.185 e. The summed E-state index contributed by atoms with van der Waals surface area (Å²) < 4.78 is 5.78. The third-order valence-corrected chi connectivity index (χ3v) is 3.23. The van der Waals surface area contributed by atoms with E-state index in [0.29, 0.717) is 5.56 Å². The average Bonchev–Trinajstić information content (AvgIpc) is 2.62. The van der Waals surface area contributed by atoms with Crippen molar-refractivity contribution in [2.45, 2.75) is 0 Å². The van der Waals surface area contributed by atoms with Crippen LogP contribution >= 0.6 is 0 Å². The lowest BCUT2D eigenvalue weighted by Crippen LogP contribution is -1.93. The molecular formula is C20H15NO2. The molecule has 23 heavy (non-hydrogen) atoms. The van der Waals surface area contributed by atoms with Crippen molar-refractivity contribution in [3.05, 3.63) is 96.3 Å². The molecule has 0 aliphatic carbocycles. The van der Waals surface area contributed by atoms with Gasteiger partial charge in [-0.25, -0.2) is 0 Å². The first-order chi connectivity index (χ1) is 11.3. The number of hydrogen-bond donors (Lipinski definition) is 0. The van der Waals surface area contributed by atoms with Gasteiger partial charge in [0.05, 0.1) is 0 Å². The molecule has 0 atom stereocenters. The van der Waals surface area contributed by atoms with Crippen LogP contribution in [0.5, 0.6) is 11.5 Å². The van der Waals surface area contributed by atoms with Crippen LogP contribution in [0.1, 0.15) is 15.9 Å². The van der Waals surface area contributed by atoms with Crippen molar-refractivity contribution in [2.75, 3.05) is 0 Å². The van der Waals surface area contributed by atoms with E-state index in [-0.39, 0.29) is 5.78 Å². The van der Waals surface area contributed by atoms with E-state index in [2.05, 4.69) is 4.98 Å². The number of carbonyl (C=O) groups is 1. The van der Waals surface area contributed by atoms with E-state index in [1.807, 2.05) is 54.6 Å². The second-order valence-electron chi connectivity index (χ2n) is 4.92. The maximum absolute atomic E-state index is 12.0. The van der Waals surface area contributed by atoms with Gasteiger partial charge in [-0.05, 0) is 48.0 Å². The topological polar surface area (TPSA) is 39.2 Å². The van der Waals surface area contributed by atoms with Gasteiger partial charge in [-0.1, -0.05) is 36.4 Å². The Morgan fingerprint density at radius 1 is 0.870 bits per heavy atom. The van der Waals surface area contributed by atoms with E-state index in [9.17, 15) is 4.79 Å². The highest BCUT2D eigenvalue weighted by Gasteiger charge is 2.01. The van der Waals surface area contributed by atoms with Crippen molar-refractivity contribution in [3.63, 3.8) is 0 Å². The van der Waals surface area contributed by atoms with E-state index in [4.69, 9.17) is 4.74 Å². The Morgan fingerprint density at radius 3 is 2.39 bits per heavy atom. The van der Waals surface area contributed by atoms with Gasteiger partial charge in [0, 0.05) is 18.0 Å². The van der Waals surface area contributed by atoms with Crippen LogP contribution in [0.2, 0.25) is 0 Å². The van der Waals surface area contributed by atoms with Crippen LogP contribution in [0.3, 0.4) is 0 Å². The summed E-state index contributed by atoms with van der Waals surface area (Å²) >= 11 is 0. The van der Waals surface area contributed by atoms with E-state index < -0.39 is 0 Å².